The van der Waals surface area contributed by atoms with E-state index in [2.05, 4.69) is 26.6 Å². The van der Waals surface area contributed by atoms with E-state index in [0.717, 1.165) is 15.6 Å². The molecule has 0 fully saturated rings. The number of nitrogens with one attached hydrogen (secondary N) is 2. The van der Waals surface area contributed by atoms with Crippen LogP contribution < -0.4 is 16.4 Å². The molecule has 10 heteroatoms. The molecule has 2 aromatic rings. The number of esters is 1. The molecule has 4 N–H and O–H groups in total. The summed E-state index contributed by atoms with van der Waals surface area (Å²) in [6.45, 7) is -0.965. The minimum absolute atomic E-state index is 0.0540. The lowest BCUT2D eigenvalue weighted by atomic mass is 10.1. The number of carbonyl (C=O) groups excluding carboxylic acids is 4. The molecule has 0 bridgehead atoms. The summed E-state index contributed by atoms with van der Waals surface area (Å²) in [4.78, 5) is 47.3. The van der Waals surface area contributed by atoms with Crippen LogP contribution in [0.15, 0.2) is 59.1 Å². The average molecular weight is 492 g/mol. The molecule has 0 aromatic heterocycles. The van der Waals surface area contributed by atoms with Gasteiger partial charge in [0.25, 0.3) is 5.91 Å². The van der Waals surface area contributed by atoms with Gasteiger partial charge in [-0.3, -0.25) is 9.59 Å². The van der Waals surface area contributed by atoms with Gasteiger partial charge in [-0.05, 0) is 17.2 Å². The zero-order valence-electron chi connectivity index (χ0n) is 16.5. The van der Waals surface area contributed by atoms with Gasteiger partial charge in [0.1, 0.15) is 19.2 Å². The van der Waals surface area contributed by atoms with E-state index >= 15 is 0 Å². The van der Waals surface area contributed by atoms with Crippen LogP contribution in [0.25, 0.3) is 0 Å². The summed E-state index contributed by atoms with van der Waals surface area (Å²) in [5, 5.41) is 4.80. The highest BCUT2D eigenvalue weighted by Crippen LogP contribution is 2.18. The van der Waals surface area contributed by atoms with Crippen LogP contribution in [0, 0.1) is 0 Å². The lowest BCUT2D eigenvalue weighted by molar-refractivity contribution is -0.151. The topological polar surface area (TPSA) is 137 Å². The minimum atomic E-state index is -1.09. The third-order valence-electron chi connectivity index (χ3n) is 3.96. The first-order chi connectivity index (χ1) is 14.8. The van der Waals surface area contributed by atoms with E-state index in [0.29, 0.717) is 0 Å². The largest absolute Gasteiger partial charge is 0.454 e. The fourth-order valence-corrected chi connectivity index (χ4v) is 2.94. The highest BCUT2D eigenvalue weighted by molar-refractivity contribution is 9.10. The predicted octanol–water partition coefficient (Wildman–Crippen LogP) is 1.43. The molecule has 3 amide bonds. The van der Waals surface area contributed by atoms with Gasteiger partial charge in [0.05, 0.1) is 0 Å². The van der Waals surface area contributed by atoms with Crippen molar-refractivity contribution in [1.29, 1.82) is 0 Å². The molecule has 2 rings (SSSR count). The Balaban J connectivity index is 1.89. The second kappa shape index (κ2) is 12.3. The lowest BCUT2D eigenvalue weighted by Crippen LogP contribution is -2.47. The molecular weight excluding hydrogens is 470 g/mol. The molecule has 0 aliphatic heterocycles. The van der Waals surface area contributed by atoms with Gasteiger partial charge in [-0.15, -0.1) is 0 Å². The second-order valence-electron chi connectivity index (χ2n) is 6.40. The van der Waals surface area contributed by atoms with Crippen LogP contribution in [0.2, 0.25) is 0 Å². The minimum Gasteiger partial charge on any atom is -0.454 e. The number of benzene rings is 2. The molecule has 0 radical (unpaired) electrons. The maximum atomic E-state index is 12.3. The Morgan fingerprint density at radius 3 is 2.32 bits per heavy atom. The average Bonchev–Trinajstić information content (AvgIpc) is 2.76. The molecule has 9 nitrogen and oxygen atoms in total. The fourth-order valence-electron chi connectivity index (χ4n) is 2.49. The summed E-state index contributed by atoms with van der Waals surface area (Å²) >= 11 is 3.38. The number of hydrogen-bond acceptors (Lipinski definition) is 6. The van der Waals surface area contributed by atoms with Gasteiger partial charge >= 0.3 is 12.1 Å². The van der Waals surface area contributed by atoms with Crippen LogP contribution in [-0.4, -0.2) is 43.1 Å². The van der Waals surface area contributed by atoms with Crippen molar-refractivity contribution >= 4 is 39.8 Å². The van der Waals surface area contributed by atoms with E-state index in [1.54, 1.807) is 36.4 Å². The van der Waals surface area contributed by atoms with Gasteiger partial charge in [-0.25, -0.2) is 9.59 Å². The first-order valence-electron chi connectivity index (χ1n) is 9.27. The van der Waals surface area contributed by atoms with Crippen molar-refractivity contribution in [2.45, 2.75) is 19.1 Å². The van der Waals surface area contributed by atoms with Gasteiger partial charge in [-0.2, -0.15) is 0 Å². The summed E-state index contributed by atoms with van der Waals surface area (Å²) in [7, 11) is 0. The summed E-state index contributed by atoms with van der Waals surface area (Å²) in [5.41, 5.74) is 6.53. The van der Waals surface area contributed by atoms with E-state index in [-0.39, 0.29) is 13.0 Å². The number of rotatable bonds is 10. The number of alkyl carbamates (subject to hydrolysis) is 1. The molecule has 0 unspecified atom stereocenters. The van der Waals surface area contributed by atoms with E-state index < -0.39 is 43.1 Å². The summed E-state index contributed by atoms with van der Waals surface area (Å²) in [6.07, 6.45) is -0.680. The van der Waals surface area contributed by atoms with Crippen LogP contribution in [0.5, 0.6) is 0 Å². The molecule has 0 saturated carbocycles. The molecule has 31 heavy (non-hydrogen) atoms. The van der Waals surface area contributed by atoms with Gasteiger partial charge in [0.15, 0.2) is 6.61 Å². The van der Waals surface area contributed by atoms with Crippen LogP contribution in [0.1, 0.15) is 11.1 Å². The highest BCUT2D eigenvalue weighted by Gasteiger charge is 2.24. The quantitative estimate of drug-likeness (QED) is 0.430. The molecular formula is C21H22BrN3O6. The summed E-state index contributed by atoms with van der Waals surface area (Å²) in [6, 6.07) is 15.1. The zero-order valence-corrected chi connectivity index (χ0v) is 18.1. The monoisotopic (exact) mass is 491 g/mol. The Morgan fingerprint density at radius 1 is 0.968 bits per heavy atom. The summed E-state index contributed by atoms with van der Waals surface area (Å²) < 4.78 is 10.6. The number of halogens is 1. The number of ether oxygens (including phenoxy) is 2. The molecule has 0 heterocycles. The van der Waals surface area contributed by atoms with Crippen LogP contribution in [0.4, 0.5) is 4.79 Å². The maximum absolute atomic E-state index is 12.3. The number of hydrogen-bond donors (Lipinski definition) is 3. The molecule has 0 aliphatic carbocycles. The third kappa shape index (κ3) is 8.87. The number of carbonyl (C=O) groups is 4. The van der Waals surface area contributed by atoms with Crippen molar-refractivity contribution in [3.63, 3.8) is 0 Å². The van der Waals surface area contributed by atoms with Crippen LogP contribution in [-0.2, 0) is 36.9 Å². The van der Waals surface area contributed by atoms with Crippen molar-refractivity contribution in [2.24, 2.45) is 5.73 Å². The Morgan fingerprint density at radius 2 is 1.65 bits per heavy atom. The second-order valence-corrected chi connectivity index (χ2v) is 7.26. The van der Waals surface area contributed by atoms with Gasteiger partial charge in [0, 0.05) is 10.9 Å². The van der Waals surface area contributed by atoms with Gasteiger partial charge < -0.3 is 25.8 Å². The molecule has 0 spiro atoms. The molecule has 0 saturated heterocycles. The zero-order chi connectivity index (χ0) is 22.6. The van der Waals surface area contributed by atoms with Crippen molar-refractivity contribution in [3.8, 4) is 0 Å². The van der Waals surface area contributed by atoms with E-state index in [9.17, 15) is 19.2 Å². The predicted molar refractivity (Wildman–Crippen MR) is 115 cm³/mol. The SMILES string of the molecule is NC(=O)COC(=O)[C@@H](Cc1ccccc1Br)NC(=O)CNC(=O)OCc1ccccc1. The molecule has 0 aliphatic rings. The maximum Gasteiger partial charge on any atom is 0.407 e. The van der Waals surface area contributed by atoms with Crippen molar-refractivity contribution in [2.75, 3.05) is 13.2 Å². The van der Waals surface area contributed by atoms with Crippen molar-refractivity contribution in [3.05, 3.63) is 70.2 Å². The lowest BCUT2D eigenvalue weighted by Gasteiger charge is -2.18. The fraction of sp³-hybridized carbons (Fsp3) is 0.238. The smallest absolute Gasteiger partial charge is 0.407 e. The third-order valence-corrected chi connectivity index (χ3v) is 4.74. The van der Waals surface area contributed by atoms with Gasteiger partial charge in [0.2, 0.25) is 5.91 Å². The van der Waals surface area contributed by atoms with Crippen LogP contribution >= 0.6 is 15.9 Å². The Bertz CT molecular complexity index is 922. The Kier molecular flexibility index (Phi) is 9.50. The first kappa shape index (κ1) is 23.9. The van der Waals surface area contributed by atoms with Crippen molar-refractivity contribution in [1.82, 2.24) is 10.6 Å². The normalized spacial score (nSPS) is 11.1. The van der Waals surface area contributed by atoms with Crippen molar-refractivity contribution < 1.29 is 28.7 Å². The Labute approximate surface area is 187 Å². The van der Waals surface area contributed by atoms with Gasteiger partial charge in [-0.1, -0.05) is 64.5 Å². The standard InChI is InChI=1S/C21H22BrN3O6/c22-16-9-5-4-8-15(16)10-17(20(28)30-13-18(23)26)25-19(27)11-24-21(29)31-12-14-6-2-1-3-7-14/h1-9,17H,10-13H2,(H2,23,26)(H,24,29)(H,25,27)/t17-/m1/s1. The van der Waals surface area contributed by atoms with E-state index in [4.69, 9.17) is 15.2 Å². The molecule has 164 valence electrons. The van der Waals surface area contributed by atoms with E-state index in [1.165, 1.54) is 0 Å². The Hall–Kier alpha value is -3.40. The molecule has 1 atom stereocenters. The molecule has 2 aromatic carbocycles. The number of primary amides is 1. The highest BCUT2D eigenvalue weighted by atomic mass is 79.9. The number of amides is 3. The van der Waals surface area contributed by atoms with Crippen LogP contribution in [0.3, 0.4) is 0 Å². The number of nitrogens with two attached hydrogens (primary N) is 1. The summed E-state index contributed by atoms with van der Waals surface area (Å²) in [5.74, 6) is -2.28. The van der Waals surface area contributed by atoms with E-state index in [1.807, 2.05) is 18.2 Å². The first-order valence-corrected chi connectivity index (χ1v) is 10.1.